The first kappa shape index (κ1) is 6.54. The van der Waals surface area contributed by atoms with Crippen LogP contribution < -0.4 is 0 Å². The van der Waals surface area contributed by atoms with E-state index in [9.17, 15) is 5.11 Å². The monoisotopic (exact) mass is 146 g/mol. The Balaban J connectivity index is 2.21. The Labute approximate surface area is 58.7 Å². The molecule has 2 fully saturated rings. The molecule has 0 aromatic rings. The van der Waals surface area contributed by atoms with Crippen molar-refractivity contribution in [2.45, 2.75) is 38.3 Å². The molecule has 0 amide bonds. The maximum atomic E-state index is 9.22. The smallest absolute Gasteiger partial charge is 0.319 e. The van der Waals surface area contributed by atoms with Gasteiger partial charge in [-0.3, -0.25) is 14.2 Å². The Bertz CT molecular complexity index is 146. The number of rotatable bonds is 0. The number of fused-ring (bicyclic) bond motifs is 2. The third-order valence-electron chi connectivity index (χ3n) is 1.88. The van der Waals surface area contributed by atoms with Gasteiger partial charge in [0, 0.05) is 0 Å². The molecule has 0 saturated carbocycles. The summed E-state index contributed by atoms with van der Waals surface area (Å²) in [5.41, 5.74) is 0. The van der Waals surface area contributed by atoms with Crippen LogP contribution in [0.1, 0.15) is 13.8 Å². The maximum Gasteiger partial charge on any atom is 0.411 e. The third-order valence-corrected chi connectivity index (χ3v) is 1.88. The molecule has 2 aliphatic rings. The average molecular weight is 146 g/mol. The highest BCUT2D eigenvalue weighted by Crippen LogP contribution is 2.38. The fourth-order valence-corrected chi connectivity index (χ4v) is 1.43. The molecule has 4 heteroatoms. The first-order chi connectivity index (χ1) is 4.61. The fraction of sp³-hybridized carbons (Fsp3) is 1.00. The maximum absolute atomic E-state index is 9.22. The summed E-state index contributed by atoms with van der Waals surface area (Å²) in [6.45, 7) is 3.70. The molecule has 1 N–H and O–H groups in total. The Kier molecular flexibility index (Phi) is 1.12. The second kappa shape index (κ2) is 1.71. The van der Waals surface area contributed by atoms with Crippen molar-refractivity contribution in [1.82, 2.24) is 0 Å². The van der Waals surface area contributed by atoms with Crippen molar-refractivity contribution >= 4 is 0 Å². The van der Waals surface area contributed by atoms with Crippen LogP contribution >= 0.6 is 0 Å². The van der Waals surface area contributed by atoms with Crippen LogP contribution in [0.5, 0.6) is 0 Å². The summed E-state index contributed by atoms with van der Waals surface area (Å²) >= 11 is 0. The average Bonchev–Trinajstić information content (AvgIpc) is 2.17. The molecule has 2 aliphatic heterocycles. The quantitative estimate of drug-likeness (QED) is 0.514. The van der Waals surface area contributed by atoms with Crippen molar-refractivity contribution in [1.29, 1.82) is 0 Å². The van der Waals surface area contributed by atoms with E-state index in [1.807, 2.05) is 13.8 Å². The first-order valence-electron chi connectivity index (χ1n) is 3.36. The minimum absolute atomic E-state index is 0.0752. The number of aliphatic hydroxyl groups is 1. The van der Waals surface area contributed by atoms with Gasteiger partial charge in [0.25, 0.3) is 0 Å². The predicted octanol–water partition coefficient (Wildman–Crippen LogP) is -0.187. The van der Waals surface area contributed by atoms with E-state index in [0.717, 1.165) is 0 Å². The summed E-state index contributed by atoms with van der Waals surface area (Å²) in [6, 6.07) is 0. The van der Waals surface area contributed by atoms with Gasteiger partial charge in [-0.15, -0.1) is 0 Å². The van der Waals surface area contributed by atoms with Crippen molar-refractivity contribution < 1.29 is 19.3 Å². The molecular weight excluding hydrogens is 136 g/mol. The molecule has 2 rings (SSSR count). The van der Waals surface area contributed by atoms with Crippen LogP contribution in [0.25, 0.3) is 0 Å². The van der Waals surface area contributed by atoms with Gasteiger partial charge in [0.2, 0.25) is 0 Å². The number of ether oxygens (including phenoxy) is 3. The zero-order valence-electron chi connectivity index (χ0n) is 5.90. The van der Waals surface area contributed by atoms with Crippen LogP contribution in [0.3, 0.4) is 0 Å². The lowest BCUT2D eigenvalue weighted by Crippen LogP contribution is -2.39. The number of hydrogen-bond donors (Lipinski definition) is 1. The van der Waals surface area contributed by atoms with E-state index in [1.54, 1.807) is 0 Å². The van der Waals surface area contributed by atoms with Gasteiger partial charge >= 0.3 is 6.16 Å². The van der Waals surface area contributed by atoms with Gasteiger partial charge in [0.15, 0.2) is 0 Å². The normalized spacial score (nSPS) is 59.7. The minimum atomic E-state index is -1.75. The van der Waals surface area contributed by atoms with E-state index >= 15 is 0 Å². The van der Waals surface area contributed by atoms with Gasteiger partial charge in [-0.2, -0.15) is 0 Å². The molecular formula is C6H10O4. The van der Waals surface area contributed by atoms with Gasteiger partial charge < -0.3 is 5.11 Å². The van der Waals surface area contributed by atoms with Gasteiger partial charge in [-0.25, -0.2) is 0 Å². The molecule has 10 heavy (non-hydrogen) atoms. The molecule has 0 radical (unpaired) electrons. The lowest BCUT2D eigenvalue weighted by Gasteiger charge is -2.23. The SMILES string of the molecule is CC1OC2(O)OC(C)C1O2. The van der Waals surface area contributed by atoms with Crippen LogP contribution in [-0.2, 0) is 14.2 Å². The van der Waals surface area contributed by atoms with Crippen LogP contribution in [0.4, 0.5) is 0 Å². The molecule has 2 unspecified atom stereocenters. The highest BCUT2D eigenvalue weighted by molar-refractivity contribution is 4.85. The van der Waals surface area contributed by atoms with Gasteiger partial charge in [0.05, 0.1) is 12.2 Å². The van der Waals surface area contributed by atoms with Gasteiger partial charge in [-0.05, 0) is 13.8 Å². The van der Waals surface area contributed by atoms with Crippen molar-refractivity contribution in [2.24, 2.45) is 0 Å². The Morgan fingerprint density at radius 3 is 1.80 bits per heavy atom. The Morgan fingerprint density at radius 1 is 1.10 bits per heavy atom. The second-order valence-corrected chi connectivity index (χ2v) is 2.75. The van der Waals surface area contributed by atoms with Crippen molar-refractivity contribution in [3.63, 3.8) is 0 Å². The summed E-state index contributed by atoms with van der Waals surface area (Å²) < 4.78 is 14.9. The molecule has 2 heterocycles. The van der Waals surface area contributed by atoms with Crippen LogP contribution in [0.15, 0.2) is 0 Å². The Hall–Kier alpha value is -0.160. The molecule has 2 atom stereocenters. The molecule has 2 bridgehead atoms. The summed E-state index contributed by atoms with van der Waals surface area (Å²) in [5.74, 6) is 0. The zero-order valence-corrected chi connectivity index (χ0v) is 5.90. The summed E-state index contributed by atoms with van der Waals surface area (Å²) in [7, 11) is 0. The molecule has 0 aliphatic carbocycles. The highest BCUT2D eigenvalue weighted by atomic mass is 17.0. The zero-order chi connectivity index (χ0) is 7.35. The van der Waals surface area contributed by atoms with E-state index in [-0.39, 0.29) is 18.3 Å². The van der Waals surface area contributed by atoms with Gasteiger partial charge in [0.1, 0.15) is 6.10 Å². The van der Waals surface area contributed by atoms with Gasteiger partial charge in [-0.1, -0.05) is 0 Å². The lowest BCUT2D eigenvalue weighted by molar-refractivity contribution is -0.434. The molecule has 0 aromatic heterocycles. The van der Waals surface area contributed by atoms with Crippen molar-refractivity contribution in [2.75, 3.05) is 0 Å². The molecule has 0 aromatic carbocycles. The highest BCUT2D eigenvalue weighted by Gasteiger charge is 2.56. The third kappa shape index (κ3) is 0.703. The largest absolute Gasteiger partial charge is 0.411 e. The van der Waals surface area contributed by atoms with Crippen LogP contribution in [0, 0.1) is 0 Å². The van der Waals surface area contributed by atoms with E-state index in [2.05, 4.69) is 0 Å². The first-order valence-corrected chi connectivity index (χ1v) is 3.36. The second-order valence-electron chi connectivity index (χ2n) is 2.75. The van der Waals surface area contributed by atoms with Crippen molar-refractivity contribution in [3.05, 3.63) is 0 Å². The van der Waals surface area contributed by atoms with E-state index in [4.69, 9.17) is 14.2 Å². The number of hydrogen-bond acceptors (Lipinski definition) is 4. The summed E-state index contributed by atoms with van der Waals surface area (Å²) in [5, 5.41) is 9.22. The minimum Gasteiger partial charge on any atom is -0.319 e. The van der Waals surface area contributed by atoms with Crippen LogP contribution in [-0.4, -0.2) is 29.6 Å². The van der Waals surface area contributed by atoms with Crippen LogP contribution in [0.2, 0.25) is 0 Å². The van der Waals surface area contributed by atoms with E-state index < -0.39 is 6.16 Å². The molecule has 58 valence electrons. The fourth-order valence-electron chi connectivity index (χ4n) is 1.43. The molecule has 4 nitrogen and oxygen atoms in total. The lowest BCUT2D eigenvalue weighted by atomic mass is 10.1. The molecule has 0 spiro atoms. The predicted molar refractivity (Wildman–Crippen MR) is 30.9 cm³/mol. The summed E-state index contributed by atoms with van der Waals surface area (Å²) in [4.78, 5) is 0. The Morgan fingerprint density at radius 2 is 1.60 bits per heavy atom. The van der Waals surface area contributed by atoms with E-state index in [1.165, 1.54) is 0 Å². The standard InChI is InChI=1S/C6H10O4/c1-3-5-4(2)9-6(7,8-3)10-5/h3-5,7H,1-2H3. The summed E-state index contributed by atoms with van der Waals surface area (Å²) in [6.07, 6.45) is -2.02. The molecule has 2 saturated heterocycles. The topological polar surface area (TPSA) is 47.9 Å². The van der Waals surface area contributed by atoms with E-state index in [0.29, 0.717) is 0 Å². The van der Waals surface area contributed by atoms with Crippen molar-refractivity contribution in [3.8, 4) is 0 Å².